The maximum Gasteiger partial charge on any atom is 0.211 e. The predicted molar refractivity (Wildman–Crippen MR) is 74.3 cm³/mol. The fourth-order valence-corrected chi connectivity index (χ4v) is 3.28. The Hall–Kier alpha value is -0.920. The normalized spacial score (nSPS) is 17.5. The van der Waals surface area contributed by atoms with Crippen LogP contribution in [0.25, 0.3) is 0 Å². The van der Waals surface area contributed by atoms with Crippen LogP contribution >= 0.6 is 0 Å². The van der Waals surface area contributed by atoms with Gasteiger partial charge in [-0.25, -0.2) is 13.1 Å². The van der Waals surface area contributed by atoms with Crippen molar-refractivity contribution in [3.63, 3.8) is 0 Å². The summed E-state index contributed by atoms with van der Waals surface area (Å²) in [5.41, 5.74) is 0. The molecule has 1 aliphatic rings. The Labute approximate surface area is 114 Å². The summed E-state index contributed by atoms with van der Waals surface area (Å²) in [5, 5.41) is 7.37. The highest BCUT2D eigenvalue weighted by molar-refractivity contribution is 7.89. The molecule has 0 aromatic carbocycles. The molecule has 19 heavy (non-hydrogen) atoms. The second-order valence-corrected chi connectivity index (χ2v) is 7.02. The van der Waals surface area contributed by atoms with Gasteiger partial charge >= 0.3 is 0 Å². The van der Waals surface area contributed by atoms with E-state index in [0.717, 1.165) is 6.54 Å². The Morgan fingerprint density at radius 3 is 2.89 bits per heavy atom. The second kappa shape index (κ2) is 6.49. The lowest BCUT2D eigenvalue weighted by Crippen LogP contribution is -2.37. The maximum atomic E-state index is 11.9. The van der Waals surface area contributed by atoms with Crippen molar-refractivity contribution in [3.05, 3.63) is 18.5 Å². The number of hydrogen-bond acceptors (Lipinski definition) is 4. The Balaban J connectivity index is 1.66. The molecule has 1 heterocycles. The third-order valence-electron chi connectivity index (χ3n) is 3.00. The lowest BCUT2D eigenvalue weighted by Gasteiger charge is -2.14. The highest BCUT2D eigenvalue weighted by Crippen LogP contribution is 2.18. The molecule has 1 atom stereocenters. The number of nitrogens with one attached hydrogen (secondary N) is 2. The summed E-state index contributed by atoms with van der Waals surface area (Å²) in [6.45, 7) is 3.17. The molecule has 0 bridgehead atoms. The Kier molecular flexibility index (Phi) is 4.95. The van der Waals surface area contributed by atoms with Crippen LogP contribution in [0.1, 0.15) is 26.2 Å². The van der Waals surface area contributed by atoms with Gasteiger partial charge in [0.2, 0.25) is 10.0 Å². The zero-order valence-corrected chi connectivity index (χ0v) is 12.1. The van der Waals surface area contributed by atoms with Gasteiger partial charge in [-0.15, -0.1) is 0 Å². The first-order valence-corrected chi connectivity index (χ1v) is 8.41. The molecule has 1 saturated carbocycles. The van der Waals surface area contributed by atoms with Gasteiger partial charge in [0.15, 0.2) is 0 Å². The fraction of sp³-hybridized carbons (Fsp3) is 0.750. The van der Waals surface area contributed by atoms with Crippen molar-refractivity contribution in [1.82, 2.24) is 19.8 Å². The third-order valence-corrected chi connectivity index (χ3v) is 4.59. The van der Waals surface area contributed by atoms with Crippen LogP contribution in [0.15, 0.2) is 18.5 Å². The monoisotopic (exact) mass is 286 g/mol. The molecule has 0 spiro atoms. The zero-order chi connectivity index (χ0) is 13.7. The highest BCUT2D eigenvalue weighted by atomic mass is 32.2. The molecular formula is C12H22N4O2S. The van der Waals surface area contributed by atoms with Crippen LogP contribution in [0.4, 0.5) is 0 Å². The standard InChI is InChI=1S/C12H22N4O2S/c1-11(10-16-8-2-7-14-16)15-19(17,18)9-3-6-13-12-4-5-12/h2,7-8,11-13,15H,3-6,9-10H2,1H3. The van der Waals surface area contributed by atoms with Crippen molar-refractivity contribution in [1.29, 1.82) is 0 Å². The number of hydrogen-bond donors (Lipinski definition) is 2. The van der Waals surface area contributed by atoms with Gasteiger partial charge in [0, 0.05) is 24.5 Å². The number of rotatable bonds is 9. The minimum Gasteiger partial charge on any atom is -0.314 e. The van der Waals surface area contributed by atoms with E-state index in [9.17, 15) is 8.42 Å². The quantitative estimate of drug-likeness (QED) is 0.642. The molecule has 1 aliphatic carbocycles. The molecule has 2 rings (SSSR count). The minimum absolute atomic E-state index is 0.152. The van der Waals surface area contributed by atoms with Gasteiger partial charge in [0.1, 0.15) is 0 Å². The van der Waals surface area contributed by atoms with Crippen LogP contribution < -0.4 is 10.0 Å². The molecule has 0 saturated heterocycles. The molecule has 0 aliphatic heterocycles. The largest absolute Gasteiger partial charge is 0.314 e. The first kappa shape index (κ1) is 14.5. The highest BCUT2D eigenvalue weighted by Gasteiger charge is 2.20. The molecule has 1 aromatic rings. The molecule has 6 nitrogen and oxygen atoms in total. The van der Waals surface area contributed by atoms with Gasteiger partial charge in [-0.3, -0.25) is 4.68 Å². The van der Waals surface area contributed by atoms with Crippen molar-refractivity contribution in [2.24, 2.45) is 0 Å². The van der Waals surface area contributed by atoms with Crippen molar-refractivity contribution in [3.8, 4) is 0 Å². The minimum atomic E-state index is -3.19. The lowest BCUT2D eigenvalue weighted by molar-refractivity contribution is 0.492. The van der Waals surface area contributed by atoms with Gasteiger partial charge in [-0.05, 0) is 38.8 Å². The van der Waals surface area contributed by atoms with E-state index in [2.05, 4.69) is 15.1 Å². The predicted octanol–water partition coefficient (Wildman–Crippen LogP) is 0.333. The first-order valence-electron chi connectivity index (χ1n) is 6.76. The Morgan fingerprint density at radius 1 is 1.47 bits per heavy atom. The summed E-state index contributed by atoms with van der Waals surface area (Å²) in [5.74, 6) is 0.177. The van der Waals surface area contributed by atoms with Gasteiger partial charge in [0.05, 0.1) is 12.3 Å². The van der Waals surface area contributed by atoms with Crippen LogP contribution in [-0.2, 0) is 16.6 Å². The van der Waals surface area contributed by atoms with Crippen molar-refractivity contribution in [2.75, 3.05) is 12.3 Å². The summed E-state index contributed by atoms with van der Waals surface area (Å²) in [4.78, 5) is 0. The number of aromatic nitrogens is 2. The molecule has 1 unspecified atom stereocenters. The molecule has 108 valence electrons. The Bertz CT molecular complexity index is 468. The van der Waals surface area contributed by atoms with Gasteiger partial charge in [-0.1, -0.05) is 0 Å². The zero-order valence-electron chi connectivity index (χ0n) is 11.2. The average Bonchev–Trinajstić information content (AvgIpc) is 3.01. The van der Waals surface area contributed by atoms with Crippen molar-refractivity contribution in [2.45, 2.75) is 44.8 Å². The smallest absolute Gasteiger partial charge is 0.211 e. The molecule has 1 fully saturated rings. The van der Waals surface area contributed by atoms with Crippen LogP contribution in [0.5, 0.6) is 0 Å². The molecule has 0 radical (unpaired) electrons. The number of sulfonamides is 1. The number of nitrogens with zero attached hydrogens (tertiary/aromatic N) is 2. The summed E-state index contributed by atoms with van der Waals surface area (Å²) in [6.07, 6.45) is 6.62. The summed E-state index contributed by atoms with van der Waals surface area (Å²) < 4.78 is 28.1. The van der Waals surface area contributed by atoms with Crippen LogP contribution in [0, 0.1) is 0 Å². The van der Waals surface area contributed by atoms with Crippen LogP contribution in [0.2, 0.25) is 0 Å². The summed E-state index contributed by atoms with van der Waals surface area (Å²) in [7, 11) is -3.19. The topological polar surface area (TPSA) is 76.0 Å². The van der Waals surface area contributed by atoms with Gasteiger partial charge < -0.3 is 5.32 Å². The summed E-state index contributed by atoms with van der Waals surface area (Å²) in [6, 6.07) is 2.31. The third kappa shape index (κ3) is 5.71. The SMILES string of the molecule is CC(Cn1cccn1)NS(=O)(=O)CCCNC1CC1. The molecule has 1 aromatic heterocycles. The average molecular weight is 286 g/mol. The second-order valence-electron chi connectivity index (χ2n) is 5.15. The van der Waals surface area contributed by atoms with Crippen molar-refractivity contribution < 1.29 is 8.42 Å². The van der Waals surface area contributed by atoms with E-state index in [1.807, 2.05) is 19.2 Å². The van der Waals surface area contributed by atoms with E-state index < -0.39 is 10.0 Å². The van der Waals surface area contributed by atoms with Crippen LogP contribution in [-0.4, -0.2) is 42.6 Å². The van der Waals surface area contributed by atoms with E-state index >= 15 is 0 Å². The maximum absolute atomic E-state index is 11.9. The van der Waals surface area contributed by atoms with Gasteiger partial charge in [0.25, 0.3) is 0 Å². The molecule has 0 amide bonds. The lowest BCUT2D eigenvalue weighted by atomic mass is 10.4. The van der Waals surface area contributed by atoms with Crippen LogP contribution in [0.3, 0.4) is 0 Å². The van der Waals surface area contributed by atoms with E-state index in [4.69, 9.17) is 0 Å². The van der Waals surface area contributed by atoms with E-state index in [-0.39, 0.29) is 11.8 Å². The molecule has 7 heteroatoms. The van der Waals surface area contributed by atoms with E-state index in [0.29, 0.717) is 19.0 Å². The van der Waals surface area contributed by atoms with Crippen molar-refractivity contribution >= 4 is 10.0 Å². The molecular weight excluding hydrogens is 264 g/mol. The Morgan fingerprint density at radius 2 is 2.26 bits per heavy atom. The summed E-state index contributed by atoms with van der Waals surface area (Å²) >= 11 is 0. The first-order chi connectivity index (χ1) is 9.05. The van der Waals surface area contributed by atoms with E-state index in [1.54, 1.807) is 10.9 Å². The van der Waals surface area contributed by atoms with E-state index in [1.165, 1.54) is 12.8 Å². The van der Waals surface area contributed by atoms with Gasteiger partial charge in [-0.2, -0.15) is 5.10 Å². The molecule has 2 N–H and O–H groups in total. The fourth-order valence-electron chi connectivity index (χ4n) is 1.95.